The zero-order valence-corrected chi connectivity index (χ0v) is 14.7. The van der Waals surface area contributed by atoms with Crippen molar-refractivity contribution in [2.24, 2.45) is 0 Å². The largest absolute Gasteiger partial charge is 0.490 e. The number of ether oxygens (including phenoxy) is 2. The van der Waals surface area contributed by atoms with Gasteiger partial charge in [0, 0.05) is 6.42 Å². The summed E-state index contributed by atoms with van der Waals surface area (Å²) in [7, 11) is 0. The lowest BCUT2D eigenvalue weighted by atomic mass is 10.1. The first kappa shape index (κ1) is 18.6. The molecule has 0 saturated carbocycles. The third kappa shape index (κ3) is 7.02. The van der Waals surface area contributed by atoms with Crippen molar-refractivity contribution in [2.45, 2.75) is 72.3 Å². The molecule has 1 aromatic carbocycles. The van der Waals surface area contributed by atoms with E-state index < -0.39 is 0 Å². The first-order valence-corrected chi connectivity index (χ1v) is 8.72. The molecular weight excluding hydrogens is 272 g/mol. The van der Waals surface area contributed by atoms with E-state index in [1.807, 2.05) is 13.0 Å². The second kappa shape index (κ2) is 11.2. The first-order chi connectivity index (χ1) is 10.7. The van der Waals surface area contributed by atoms with Crippen LogP contribution in [0.5, 0.6) is 11.5 Å². The molecule has 1 aromatic rings. The van der Waals surface area contributed by atoms with Gasteiger partial charge in [-0.3, -0.25) is 0 Å². The Morgan fingerprint density at radius 2 is 1.91 bits per heavy atom. The maximum atomic E-state index is 6.29. The molecule has 0 aliphatic rings. The highest BCUT2D eigenvalue weighted by Gasteiger charge is 2.13. The van der Waals surface area contributed by atoms with Gasteiger partial charge >= 0.3 is 0 Å². The Morgan fingerprint density at radius 3 is 2.59 bits per heavy atom. The lowest BCUT2D eigenvalue weighted by Gasteiger charge is -2.20. The first-order valence-electron chi connectivity index (χ1n) is 8.72. The number of benzene rings is 1. The van der Waals surface area contributed by atoms with E-state index in [0.29, 0.717) is 6.61 Å². The average molecular weight is 304 g/mol. The van der Waals surface area contributed by atoms with Crippen LogP contribution in [0.4, 0.5) is 0 Å². The van der Waals surface area contributed by atoms with E-state index in [-0.39, 0.29) is 6.10 Å². The smallest absolute Gasteiger partial charge is 0.161 e. The molecular formula is C20H32O2. The van der Waals surface area contributed by atoms with Crippen LogP contribution in [0.3, 0.4) is 0 Å². The van der Waals surface area contributed by atoms with Crippen molar-refractivity contribution >= 4 is 0 Å². The van der Waals surface area contributed by atoms with Gasteiger partial charge in [0.2, 0.25) is 0 Å². The molecule has 0 aliphatic carbocycles. The van der Waals surface area contributed by atoms with Gasteiger partial charge in [0.25, 0.3) is 0 Å². The summed E-state index contributed by atoms with van der Waals surface area (Å²) in [5, 5.41) is 0. The summed E-state index contributed by atoms with van der Waals surface area (Å²) in [6, 6.07) is 6.16. The molecule has 2 nitrogen and oxygen atoms in total. The van der Waals surface area contributed by atoms with Crippen LogP contribution in [0.1, 0.15) is 64.9 Å². The molecule has 0 radical (unpaired) electrons. The molecule has 0 aromatic heterocycles. The molecule has 0 fully saturated rings. The molecule has 0 aliphatic heterocycles. The summed E-state index contributed by atoms with van der Waals surface area (Å²) in [6.07, 6.45) is 11.7. The van der Waals surface area contributed by atoms with Crippen LogP contribution >= 0.6 is 0 Å². The Morgan fingerprint density at radius 1 is 1.09 bits per heavy atom. The zero-order valence-electron chi connectivity index (χ0n) is 14.7. The van der Waals surface area contributed by atoms with Crippen molar-refractivity contribution in [1.29, 1.82) is 0 Å². The third-order valence-electron chi connectivity index (χ3n) is 3.71. The molecule has 0 spiro atoms. The highest BCUT2D eigenvalue weighted by atomic mass is 16.5. The summed E-state index contributed by atoms with van der Waals surface area (Å²) >= 11 is 0. The second-order valence-corrected chi connectivity index (χ2v) is 5.78. The predicted octanol–water partition coefficient (Wildman–Crippen LogP) is 6.08. The van der Waals surface area contributed by atoms with Gasteiger partial charge in [0.1, 0.15) is 6.10 Å². The van der Waals surface area contributed by atoms with Crippen LogP contribution in [0.25, 0.3) is 0 Å². The molecule has 0 N–H and O–H groups in total. The Hall–Kier alpha value is -1.44. The minimum Gasteiger partial charge on any atom is -0.490 e. The Bertz CT molecular complexity index is 437. The van der Waals surface area contributed by atoms with Crippen molar-refractivity contribution in [3.05, 3.63) is 35.9 Å². The second-order valence-electron chi connectivity index (χ2n) is 5.78. The highest BCUT2D eigenvalue weighted by molar-refractivity contribution is 5.42. The van der Waals surface area contributed by atoms with Crippen LogP contribution < -0.4 is 9.47 Å². The van der Waals surface area contributed by atoms with E-state index in [2.05, 4.69) is 45.1 Å². The number of aryl methyl sites for hydroxylation is 1. The maximum Gasteiger partial charge on any atom is 0.161 e. The Kier molecular flexibility index (Phi) is 9.45. The molecule has 1 atom stereocenters. The van der Waals surface area contributed by atoms with Crippen molar-refractivity contribution in [3.63, 3.8) is 0 Å². The molecule has 2 heteroatoms. The maximum absolute atomic E-state index is 6.29. The number of rotatable bonds is 11. The van der Waals surface area contributed by atoms with E-state index in [1.165, 1.54) is 31.2 Å². The third-order valence-corrected chi connectivity index (χ3v) is 3.71. The number of hydrogen-bond acceptors (Lipinski definition) is 2. The van der Waals surface area contributed by atoms with E-state index in [0.717, 1.165) is 24.3 Å². The predicted molar refractivity (Wildman–Crippen MR) is 95.0 cm³/mol. The van der Waals surface area contributed by atoms with Crippen LogP contribution in [0.2, 0.25) is 0 Å². The van der Waals surface area contributed by atoms with Gasteiger partial charge in [-0.15, -0.1) is 0 Å². The van der Waals surface area contributed by atoms with Crippen LogP contribution in [-0.2, 0) is 0 Å². The van der Waals surface area contributed by atoms with E-state index in [9.17, 15) is 0 Å². The molecule has 0 amide bonds. The Balaban J connectivity index is 2.72. The summed E-state index contributed by atoms with van der Waals surface area (Å²) < 4.78 is 12.0. The molecule has 1 rings (SSSR count). The minimum atomic E-state index is 0.231. The highest BCUT2D eigenvalue weighted by Crippen LogP contribution is 2.30. The fourth-order valence-electron chi connectivity index (χ4n) is 2.47. The van der Waals surface area contributed by atoms with Gasteiger partial charge in [-0.25, -0.2) is 0 Å². The summed E-state index contributed by atoms with van der Waals surface area (Å²) in [5.41, 5.74) is 1.20. The molecule has 124 valence electrons. The fourth-order valence-corrected chi connectivity index (χ4v) is 2.47. The normalized spacial score (nSPS) is 12.5. The number of allylic oxidation sites excluding steroid dienone is 1. The number of hydrogen-bond donors (Lipinski definition) is 0. The standard InChI is InChI=1S/C20H32O2/c1-5-8-10-11-13-18(12-9-6-2)22-20-16-17(4)14-15-19(20)21-7-3/h6,9,14-16,18H,5,7-8,10-13H2,1-4H3/b9-6+/t18-/m1/s1. The molecule has 22 heavy (non-hydrogen) atoms. The van der Waals surface area contributed by atoms with E-state index >= 15 is 0 Å². The van der Waals surface area contributed by atoms with E-state index in [1.54, 1.807) is 0 Å². The molecule has 0 heterocycles. The quantitative estimate of drug-likeness (QED) is 0.364. The van der Waals surface area contributed by atoms with Gasteiger partial charge in [-0.2, -0.15) is 0 Å². The van der Waals surface area contributed by atoms with Crippen LogP contribution in [0.15, 0.2) is 30.4 Å². The van der Waals surface area contributed by atoms with Crippen molar-refractivity contribution < 1.29 is 9.47 Å². The molecule has 0 bridgehead atoms. The van der Waals surface area contributed by atoms with E-state index in [4.69, 9.17) is 9.47 Å². The SMILES string of the molecule is C/C=C/C[C@H](CCCCCC)Oc1cc(C)ccc1OCC. The van der Waals surface area contributed by atoms with Crippen molar-refractivity contribution in [2.75, 3.05) is 6.61 Å². The summed E-state index contributed by atoms with van der Waals surface area (Å²) in [5.74, 6) is 1.74. The van der Waals surface area contributed by atoms with Gasteiger partial charge in [-0.1, -0.05) is 44.4 Å². The summed E-state index contributed by atoms with van der Waals surface area (Å²) in [4.78, 5) is 0. The van der Waals surface area contributed by atoms with Crippen molar-refractivity contribution in [3.8, 4) is 11.5 Å². The monoisotopic (exact) mass is 304 g/mol. The lowest BCUT2D eigenvalue weighted by Crippen LogP contribution is -2.16. The van der Waals surface area contributed by atoms with Crippen molar-refractivity contribution in [1.82, 2.24) is 0 Å². The minimum absolute atomic E-state index is 0.231. The van der Waals surface area contributed by atoms with Gasteiger partial charge < -0.3 is 9.47 Å². The lowest BCUT2D eigenvalue weighted by molar-refractivity contribution is 0.179. The Labute approximate surface area is 136 Å². The van der Waals surface area contributed by atoms with Crippen LogP contribution in [0, 0.1) is 6.92 Å². The van der Waals surface area contributed by atoms with Gasteiger partial charge in [-0.05, 0) is 51.3 Å². The fraction of sp³-hybridized carbons (Fsp3) is 0.600. The molecule has 0 unspecified atom stereocenters. The average Bonchev–Trinajstić information content (AvgIpc) is 2.51. The number of unbranched alkanes of at least 4 members (excludes halogenated alkanes) is 3. The summed E-state index contributed by atoms with van der Waals surface area (Å²) in [6.45, 7) is 9.06. The van der Waals surface area contributed by atoms with Crippen LogP contribution in [-0.4, -0.2) is 12.7 Å². The van der Waals surface area contributed by atoms with Gasteiger partial charge in [0.05, 0.1) is 6.61 Å². The topological polar surface area (TPSA) is 18.5 Å². The van der Waals surface area contributed by atoms with Gasteiger partial charge in [0.15, 0.2) is 11.5 Å². The zero-order chi connectivity index (χ0) is 16.2. The molecule has 0 saturated heterocycles.